The van der Waals surface area contributed by atoms with E-state index in [9.17, 15) is 4.79 Å². The molecule has 8 heteroatoms. The number of aryl methyl sites for hydroxylation is 4. The van der Waals surface area contributed by atoms with E-state index in [-0.39, 0.29) is 0 Å². The number of Topliss-reactive ketones (excluding diaryl/α,β-unsaturated/α-hetero) is 1. The number of hydrogen-bond donors (Lipinski definition) is 5. The maximum Gasteiger partial charge on any atom is 0.202 e. The van der Waals surface area contributed by atoms with Crippen molar-refractivity contribution in [3.05, 3.63) is 70.8 Å². The summed E-state index contributed by atoms with van der Waals surface area (Å²) in [6, 6.07) is 13.3. The number of H-pyrrole nitrogens is 2. The predicted octanol–water partition coefficient (Wildman–Crippen LogP) is 2.81. The Morgan fingerprint density at radius 2 is 1.47 bits per heavy atom. The van der Waals surface area contributed by atoms with Gasteiger partial charge >= 0.3 is 0 Å². The zero-order chi connectivity index (χ0) is 23.9. The van der Waals surface area contributed by atoms with Gasteiger partial charge in [0.2, 0.25) is 5.78 Å². The van der Waals surface area contributed by atoms with Crippen molar-refractivity contribution in [2.75, 3.05) is 0 Å². The molecule has 176 valence electrons. The van der Waals surface area contributed by atoms with E-state index >= 15 is 0 Å². The standard InChI is InChI=1S/C26H31N7O/c1-2-3-23(27)26(28,29)25(34)24-21-10-8-19(32-21)13-17-6-4-15(30-17)12-16-5-7-18(31-16)14-20-9-11-22(24)33-20/h4,6,9,11-14,23,30,33H,2-3,5,7-8,10,27-29H2,1H3. The van der Waals surface area contributed by atoms with Crippen molar-refractivity contribution in [1.29, 1.82) is 0 Å². The lowest BCUT2D eigenvalue weighted by atomic mass is 9.89. The summed E-state index contributed by atoms with van der Waals surface area (Å²) in [5.41, 5.74) is 24.8. The normalized spacial score (nSPS) is 14.8. The van der Waals surface area contributed by atoms with Gasteiger partial charge in [-0.15, -0.1) is 0 Å². The molecular formula is C26H31N7O. The second kappa shape index (κ2) is 8.79. The van der Waals surface area contributed by atoms with Crippen LogP contribution in [0.1, 0.15) is 52.9 Å². The number of fused-ring (bicyclic) bond motifs is 8. The Balaban J connectivity index is 1.78. The number of hydrogen-bond acceptors (Lipinski definition) is 6. The van der Waals surface area contributed by atoms with Crippen molar-refractivity contribution in [3.63, 3.8) is 0 Å². The molecule has 0 saturated carbocycles. The molecule has 0 amide bonds. The molecule has 0 aromatic carbocycles. The average Bonchev–Trinajstić information content (AvgIpc) is 3.59. The minimum Gasteiger partial charge on any atom is -0.355 e. The molecule has 1 unspecified atom stereocenters. The van der Waals surface area contributed by atoms with E-state index in [4.69, 9.17) is 27.2 Å². The SMILES string of the molecule is CCCC(N)C(N)(N)C(=O)c1c2nc(cc3ccc(cc4nc(cc5ccc1[nH]5)CC4)[nH]3)CC2. The second-order valence-electron chi connectivity index (χ2n) is 9.31. The van der Waals surface area contributed by atoms with Gasteiger partial charge in [-0.05, 0) is 74.6 Å². The minimum atomic E-state index is -1.69. The van der Waals surface area contributed by atoms with Crippen LogP contribution in [-0.2, 0) is 25.7 Å². The van der Waals surface area contributed by atoms with Crippen LogP contribution in [0.5, 0.6) is 0 Å². The highest BCUT2D eigenvalue weighted by Crippen LogP contribution is 2.24. The number of aromatic nitrogens is 4. The van der Waals surface area contributed by atoms with Crippen LogP contribution in [0.25, 0.3) is 22.1 Å². The Bertz CT molecular complexity index is 1400. The molecule has 0 fully saturated rings. The third kappa shape index (κ3) is 4.27. The molecule has 0 aliphatic carbocycles. The molecule has 0 saturated heterocycles. The Labute approximate surface area is 198 Å². The van der Waals surface area contributed by atoms with Crippen LogP contribution >= 0.6 is 0 Å². The topological polar surface area (TPSA) is 152 Å². The molecule has 8 N–H and O–H groups in total. The number of nitrogens with two attached hydrogens (primary N) is 3. The highest BCUT2D eigenvalue weighted by atomic mass is 16.1. The summed E-state index contributed by atoms with van der Waals surface area (Å²) in [6.45, 7) is 1.99. The van der Waals surface area contributed by atoms with Gasteiger partial charge in [0.15, 0.2) is 0 Å². The lowest BCUT2D eigenvalue weighted by Gasteiger charge is -2.29. The number of carbonyl (C=O) groups excluding carboxylic acids is 1. The highest BCUT2D eigenvalue weighted by Gasteiger charge is 2.38. The van der Waals surface area contributed by atoms with Gasteiger partial charge in [0.1, 0.15) is 5.66 Å². The Hall–Kier alpha value is -3.33. The first-order chi connectivity index (χ1) is 16.3. The summed E-state index contributed by atoms with van der Waals surface area (Å²) in [7, 11) is 0. The maximum atomic E-state index is 13.8. The number of ketones is 1. The van der Waals surface area contributed by atoms with Crippen LogP contribution in [0.3, 0.4) is 0 Å². The zero-order valence-electron chi connectivity index (χ0n) is 19.4. The van der Waals surface area contributed by atoms with Gasteiger partial charge in [-0.1, -0.05) is 13.3 Å². The highest BCUT2D eigenvalue weighted by molar-refractivity contribution is 6.09. The summed E-state index contributed by atoms with van der Waals surface area (Å²) in [5.74, 6) is -0.395. The minimum absolute atomic E-state index is 0.395. The first-order valence-electron chi connectivity index (χ1n) is 11.9. The van der Waals surface area contributed by atoms with Gasteiger partial charge in [0, 0.05) is 39.7 Å². The predicted molar refractivity (Wildman–Crippen MR) is 134 cm³/mol. The lowest BCUT2D eigenvalue weighted by Crippen LogP contribution is -2.67. The van der Waals surface area contributed by atoms with Gasteiger partial charge in [0.05, 0.1) is 16.8 Å². The van der Waals surface area contributed by atoms with E-state index in [1.54, 1.807) is 0 Å². The number of nitrogens with one attached hydrogen (secondary N) is 2. The van der Waals surface area contributed by atoms with Gasteiger partial charge in [-0.2, -0.15) is 0 Å². The molecule has 1 atom stereocenters. The number of aromatic amines is 2. The first kappa shape index (κ1) is 22.5. The number of nitrogens with zero attached hydrogens (tertiary/aromatic N) is 2. The van der Waals surface area contributed by atoms with E-state index in [0.717, 1.165) is 59.3 Å². The molecule has 2 aliphatic heterocycles. The third-order valence-corrected chi connectivity index (χ3v) is 6.62. The molecule has 34 heavy (non-hydrogen) atoms. The second-order valence-corrected chi connectivity index (χ2v) is 9.31. The fourth-order valence-electron chi connectivity index (χ4n) is 4.70. The van der Waals surface area contributed by atoms with Crippen molar-refractivity contribution in [1.82, 2.24) is 19.9 Å². The average molecular weight is 458 g/mol. The molecule has 8 nitrogen and oxygen atoms in total. The summed E-state index contributed by atoms with van der Waals surface area (Å²) in [6.07, 6.45) is 4.42. The van der Waals surface area contributed by atoms with Gasteiger partial charge in [-0.25, -0.2) is 0 Å². The largest absolute Gasteiger partial charge is 0.355 e. The summed E-state index contributed by atoms with van der Waals surface area (Å²) >= 11 is 0. The zero-order valence-corrected chi connectivity index (χ0v) is 19.4. The van der Waals surface area contributed by atoms with Crippen LogP contribution in [0, 0.1) is 0 Å². The molecule has 0 spiro atoms. The fourth-order valence-corrected chi connectivity index (χ4v) is 4.70. The third-order valence-electron chi connectivity index (χ3n) is 6.62. The molecular weight excluding hydrogens is 426 g/mol. The Morgan fingerprint density at radius 3 is 2.12 bits per heavy atom. The van der Waals surface area contributed by atoms with Gasteiger partial charge in [0.25, 0.3) is 0 Å². The monoisotopic (exact) mass is 457 g/mol. The van der Waals surface area contributed by atoms with Crippen LogP contribution in [0.15, 0.2) is 42.5 Å². The quantitative estimate of drug-likeness (QED) is 0.293. The number of carbonyl (C=O) groups is 1. The molecule has 5 rings (SSSR count). The molecule has 3 aromatic rings. The molecule has 3 aromatic heterocycles. The summed E-state index contributed by atoms with van der Waals surface area (Å²) < 4.78 is 0. The van der Waals surface area contributed by atoms with Crippen LogP contribution < -0.4 is 17.2 Å². The van der Waals surface area contributed by atoms with E-state index in [2.05, 4.69) is 16.0 Å². The Kier molecular flexibility index (Phi) is 5.81. The van der Waals surface area contributed by atoms with Gasteiger partial charge in [-0.3, -0.25) is 14.8 Å². The van der Waals surface area contributed by atoms with Crippen molar-refractivity contribution < 1.29 is 4.79 Å². The number of rotatable bonds is 5. The van der Waals surface area contributed by atoms with Crippen molar-refractivity contribution in [2.24, 2.45) is 17.2 Å². The molecule has 0 radical (unpaired) electrons. The fraction of sp³-hybridized carbons (Fsp3) is 0.346. The van der Waals surface area contributed by atoms with Crippen molar-refractivity contribution in [2.45, 2.75) is 57.2 Å². The van der Waals surface area contributed by atoms with E-state index in [1.807, 2.05) is 43.3 Å². The van der Waals surface area contributed by atoms with E-state index < -0.39 is 17.5 Å². The maximum absolute atomic E-state index is 13.8. The first-order valence-corrected chi connectivity index (χ1v) is 11.9. The molecule has 2 aliphatic rings. The van der Waals surface area contributed by atoms with Crippen LogP contribution in [0.2, 0.25) is 0 Å². The molecule has 8 bridgehead atoms. The molecule has 5 heterocycles. The van der Waals surface area contributed by atoms with Crippen molar-refractivity contribution in [3.8, 4) is 0 Å². The summed E-state index contributed by atoms with van der Waals surface area (Å²) in [4.78, 5) is 30.1. The van der Waals surface area contributed by atoms with Crippen LogP contribution in [0.4, 0.5) is 0 Å². The van der Waals surface area contributed by atoms with E-state index in [0.29, 0.717) is 29.6 Å². The Morgan fingerprint density at radius 1 is 0.912 bits per heavy atom. The van der Waals surface area contributed by atoms with Crippen molar-refractivity contribution >= 4 is 27.9 Å². The lowest BCUT2D eigenvalue weighted by molar-refractivity contribution is 0.0864. The smallest absolute Gasteiger partial charge is 0.202 e. The van der Waals surface area contributed by atoms with E-state index in [1.165, 1.54) is 0 Å². The van der Waals surface area contributed by atoms with Gasteiger partial charge < -0.3 is 27.2 Å². The van der Waals surface area contributed by atoms with Crippen LogP contribution in [-0.4, -0.2) is 37.4 Å². The summed E-state index contributed by atoms with van der Waals surface area (Å²) in [5, 5.41) is 0.